The van der Waals surface area contributed by atoms with Crippen molar-refractivity contribution >= 4 is 5.91 Å². The first-order chi connectivity index (χ1) is 12.2. The van der Waals surface area contributed by atoms with Crippen LogP contribution >= 0.6 is 0 Å². The maximum Gasteiger partial charge on any atom is 0.251 e. The minimum absolute atomic E-state index is 0.0553. The molecule has 0 atom stereocenters. The first kappa shape index (κ1) is 17.5. The van der Waals surface area contributed by atoms with Gasteiger partial charge < -0.3 is 10.1 Å². The van der Waals surface area contributed by atoms with Gasteiger partial charge in [-0.3, -0.25) is 9.69 Å². The van der Waals surface area contributed by atoms with E-state index in [0.717, 1.165) is 12.3 Å². The standard InChI is InChI=1S/C21H26N2O2/c1-17-4-10-20(11-5-17)25-15-12-22-21(24)19-8-6-18(7-9-19)16-23-13-2-3-14-23/h4-11H,2-3,12-16H2,1H3,(H,22,24). The van der Waals surface area contributed by atoms with Gasteiger partial charge in [-0.1, -0.05) is 29.8 Å². The van der Waals surface area contributed by atoms with Crippen LogP contribution in [0.2, 0.25) is 0 Å². The molecule has 2 aromatic carbocycles. The van der Waals surface area contributed by atoms with E-state index in [4.69, 9.17) is 4.74 Å². The van der Waals surface area contributed by atoms with Gasteiger partial charge in [0.2, 0.25) is 0 Å². The molecule has 1 aliphatic rings. The van der Waals surface area contributed by atoms with Crippen LogP contribution in [-0.2, 0) is 6.54 Å². The molecule has 0 aliphatic carbocycles. The zero-order chi connectivity index (χ0) is 17.5. The fourth-order valence-electron chi connectivity index (χ4n) is 3.03. The average Bonchev–Trinajstić information content (AvgIpc) is 3.14. The van der Waals surface area contributed by atoms with Crippen LogP contribution in [0.3, 0.4) is 0 Å². The van der Waals surface area contributed by atoms with Crippen molar-refractivity contribution in [2.45, 2.75) is 26.3 Å². The fourth-order valence-corrected chi connectivity index (χ4v) is 3.03. The molecule has 1 heterocycles. The van der Waals surface area contributed by atoms with E-state index in [1.807, 2.05) is 43.3 Å². The largest absolute Gasteiger partial charge is 0.492 e. The topological polar surface area (TPSA) is 41.6 Å². The Balaban J connectivity index is 1.40. The van der Waals surface area contributed by atoms with Crippen LogP contribution in [0.15, 0.2) is 48.5 Å². The van der Waals surface area contributed by atoms with Gasteiger partial charge >= 0.3 is 0 Å². The molecule has 3 rings (SSSR count). The molecule has 0 unspecified atom stereocenters. The van der Waals surface area contributed by atoms with Gasteiger partial charge in [0.25, 0.3) is 5.91 Å². The lowest BCUT2D eigenvalue weighted by molar-refractivity contribution is 0.0947. The van der Waals surface area contributed by atoms with Crippen molar-refractivity contribution in [2.75, 3.05) is 26.2 Å². The normalized spacial score (nSPS) is 14.4. The molecule has 1 amide bonds. The van der Waals surface area contributed by atoms with E-state index in [9.17, 15) is 4.79 Å². The van der Waals surface area contributed by atoms with Gasteiger partial charge in [0, 0.05) is 12.1 Å². The first-order valence-electron chi connectivity index (χ1n) is 9.00. The summed E-state index contributed by atoms with van der Waals surface area (Å²) in [6.45, 7) is 6.34. The lowest BCUT2D eigenvalue weighted by Crippen LogP contribution is -2.28. The Morgan fingerprint density at radius 2 is 1.72 bits per heavy atom. The molecule has 1 saturated heterocycles. The molecular weight excluding hydrogens is 312 g/mol. The van der Waals surface area contributed by atoms with Crippen LogP contribution in [0.4, 0.5) is 0 Å². The number of ether oxygens (including phenoxy) is 1. The number of rotatable bonds is 7. The Labute approximate surface area is 149 Å². The van der Waals surface area contributed by atoms with Crippen molar-refractivity contribution in [3.05, 3.63) is 65.2 Å². The summed E-state index contributed by atoms with van der Waals surface area (Å²) in [7, 11) is 0. The summed E-state index contributed by atoms with van der Waals surface area (Å²) in [6, 6.07) is 15.8. The average molecular weight is 338 g/mol. The van der Waals surface area contributed by atoms with Crippen LogP contribution in [0.1, 0.15) is 34.3 Å². The summed E-state index contributed by atoms with van der Waals surface area (Å²) < 4.78 is 5.62. The van der Waals surface area contributed by atoms with Crippen LogP contribution < -0.4 is 10.1 Å². The van der Waals surface area contributed by atoms with Crippen molar-refractivity contribution in [1.82, 2.24) is 10.2 Å². The Hall–Kier alpha value is -2.33. The van der Waals surface area contributed by atoms with E-state index in [0.29, 0.717) is 18.7 Å². The molecule has 25 heavy (non-hydrogen) atoms. The van der Waals surface area contributed by atoms with Crippen LogP contribution in [0.5, 0.6) is 5.75 Å². The molecule has 0 saturated carbocycles. The van der Waals surface area contributed by atoms with Gasteiger partial charge in [-0.05, 0) is 62.7 Å². The van der Waals surface area contributed by atoms with Gasteiger partial charge in [-0.25, -0.2) is 0 Å². The zero-order valence-electron chi connectivity index (χ0n) is 14.8. The lowest BCUT2D eigenvalue weighted by Gasteiger charge is -2.14. The molecule has 4 nitrogen and oxygen atoms in total. The molecular formula is C21H26N2O2. The van der Waals surface area contributed by atoms with Crippen molar-refractivity contribution < 1.29 is 9.53 Å². The van der Waals surface area contributed by atoms with Gasteiger partial charge in [-0.2, -0.15) is 0 Å². The molecule has 1 fully saturated rings. The molecule has 132 valence electrons. The highest BCUT2D eigenvalue weighted by molar-refractivity contribution is 5.94. The SMILES string of the molecule is Cc1ccc(OCCNC(=O)c2ccc(CN3CCCC3)cc2)cc1. The molecule has 0 spiro atoms. The summed E-state index contributed by atoms with van der Waals surface area (Å²) in [6.07, 6.45) is 2.59. The minimum Gasteiger partial charge on any atom is -0.492 e. The van der Waals surface area contributed by atoms with Crippen molar-refractivity contribution in [3.63, 3.8) is 0 Å². The van der Waals surface area contributed by atoms with E-state index in [1.54, 1.807) is 0 Å². The quantitative estimate of drug-likeness (QED) is 0.787. The molecule has 0 radical (unpaired) electrons. The summed E-state index contributed by atoms with van der Waals surface area (Å²) in [5, 5.41) is 2.90. The predicted octanol–water partition coefficient (Wildman–Crippen LogP) is 3.40. The van der Waals surface area contributed by atoms with E-state index < -0.39 is 0 Å². The highest BCUT2D eigenvalue weighted by Crippen LogP contribution is 2.13. The van der Waals surface area contributed by atoms with E-state index >= 15 is 0 Å². The number of amides is 1. The number of aryl methyl sites for hydroxylation is 1. The zero-order valence-corrected chi connectivity index (χ0v) is 14.8. The molecule has 4 heteroatoms. The van der Waals surface area contributed by atoms with Crippen LogP contribution in [0, 0.1) is 6.92 Å². The van der Waals surface area contributed by atoms with Crippen LogP contribution in [-0.4, -0.2) is 37.0 Å². The third-order valence-corrected chi connectivity index (χ3v) is 4.50. The van der Waals surface area contributed by atoms with Crippen molar-refractivity contribution in [2.24, 2.45) is 0 Å². The second kappa shape index (κ2) is 8.67. The number of hydrogen-bond donors (Lipinski definition) is 1. The number of likely N-dealkylation sites (tertiary alicyclic amines) is 1. The third kappa shape index (κ3) is 5.33. The Morgan fingerprint density at radius 1 is 1.04 bits per heavy atom. The number of benzene rings is 2. The minimum atomic E-state index is -0.0553. The van der Waals surface area contributed by atoms with Gasteiger partial charge in [-0.15, -0.1) is 0 Å². The fraction of sp³-hybridized carbons (Fsp3) is 0.381. The Bertz CT molecular complexity index is 674. The molecule has 0 aromatic heterocycles. The molecule has 0 bridgehead atoms. The van der Waals surface area contributed by atoms with E-state index in [-0.39, 0.29) is 5.91 Å². The van der Waals surface area contributed by atoms with Crippen molar-refractivity contribution in [3.8, 4) is 5.75 Å². The number of nitrogens with one attached hydrogen (secondary N) is 1. The van der Waals surface area contributed by atoms with E-state index in [2.05, 4.69) is 22.3 Å². The maximum atomic E-state index is 12.2. The number of carbonyl (C=O) groups is 1. The highest BCUT2D eigenvalue weighted by Gasteiger charge is 2.12. The van der Waals surface area contributed by atoms with Gasteiger partial charge in [0.1, 0.15) is 12.4 Å². The Morgan fingerprint density at radius 3 is 2.40 bits per heavy atom. The molecule has 2 aromatic rings. The van der Waals surface area contributed by atoms with Crippen molar-refractivity contribution in [1.29, 1.82) is 0 Å². The third-order valence-electron chi connectivity index (χ3n) is 4.50. The molecule has 1 N–H and O–H groups in total. The molecule has 1 aliphatic heterocycles. The summed E-state index contributed by atoms with van der Waals surface area (Å²) in [5.74, 6) is 0.770. The number of hydrogen-bond acceptors (Lipinski definition) is 3. The second-order valence-electron chi connectivity index (χ2n) is 6.60. The summed E-state index contributed by atoms with van der Waals surface area (Å²) >= 11 is 0. The summed E-state index contributed by atoms with van der Waals surface area (Å²) in [4.78, 5) is 14.6. The van der Waals surface area contributed by atoms with Crippen LogP contribution in [0.25, 0.3) is 0 Å². The predicted molar refractivity (Wildman–Crippen MR) is 100.0 cm³/mol. The first-order valence-corrected chi connectivity index (χ1v) is 9.00. The number of carbonyl (C=O) groups excluding carboxylic acids is 1. The lowest BCUT2D eigenvalue weighted by atomic mass is 10.1. The Kier molecular flexibility index (Phi) is 6.07. The second-order valence-corrected chi connectivity index (χ2v) is 6.60. The smallest absolute Gasteiger partial charge is 0.251 e. The monoisotopic (exact) mass is 338 g/mol. The summed E-state index contributed by atoms with van der Waals surface area (Å²) in [5.41, 5.74) is 3.16. The highest BCUT2D eigenvalue weighted by atomic mass is 16.5. The van der Waals surface area contributed by atoms with Gasteiger partial charge in [0.15, 0.2) is 0 Å². The maximum absolute atomic E-state index is 12.2. The number of nitrogens with zero attached hydrogens (tertiary/aromatic N) is 1. The van der Waals surface area contributed by atoms with E-state index in [1.165, 1.54) is 37.1 Å². The van der Waals surface area contributed by atoms with Gasteiger partial charge in [0.05, 0.1) is 6.54 Å².